The number of rotatable bonds is 7. The van der Waals surface area contributed by atoms with E-state index >= 15 is 0 Å². The lowest BCUT2D eigenvalue weighted by Crippen LogP contribution is -2.35. The normalized spacial score (nSPS) is 19.4. The first kappa shape index (κ1) is 13.9. The Morgan fingerprint density at radius 2 is 2.00 bits per heavy atom. The molecule has 20 heavy (non-hydrogen) atoms. The van der Waals surface area contributed by atoms with Gasteiger partial charge >= 0.3 is 0 Å². The van der Waals surface area contributed by atoms with Gasteiger partial charge in [-0.25, -0.2) is 0 Å². The topological polar surface area (TPSA) is 41.5 Å². The van der Waals surface area contributed by atoms with Crippen molar-refractivity contribution in [2.24, 2.45) is 0 Å². The third kappa shape index (κ3) is 3.74. The van der Waals surface area contributed by atoms with E-state index in [1.54, 1.807) is 0 Å². The van der Waals surface area contributed by atoms with Crippen molar-refractivity contribution in [1.82, 2.24) is 5.32 Å². The highest BCUT2D eigenvalue weighted by atomic mass is 16.5. The van der Waals surface area contributed by atoms with Gasteiger partial charge in [0, 0.05) is 12.1 Å². The van der Waals surface area contributed by atoms with Crippen molar-refractivity contribution in [1.29, 1.82) is 0 Å². The van der Waals surface area contributed by atoms with Crippen LogP contribution in [0.25, 0.3) is 0 Å². The zero-order chi connectivity index (χ0) is 13.8. The second kappa shape index (κ2) is 6.59. The van der Waals surface area contributed by atoms with E-state index in [0.717, 1.165) is 12.2 Å². The summed E-state index contributed by atoms with van der Waals surface area (Å²) in [5.41, 5.74) is 2.95. The molecule has 2 aliphatic rings. The Morgan fingerprint density at radius 3 is 2.75 bits per heavy atom. The molecule has 1 saturated carbocycles. The largest absolute Gasteiger partial charge is 0.494 e. The van der Waals surface area contributed by atoms with Gasteiger partial charge in [0.05, 0.1) is 13.2 Å². The molecule has 0 aromatic heterocycles. The van der Waals surface area contributed by atoms with Crippen LogP contribution in [-0.2, 0) is 12.8 Å². The molecule has 0 spiro atoms. The molecule has 1 fully saturated rings. The average molecular weight is 275 g/mol. The van der Waals surface area contributed by atoms with E-state index in [2.05, 4.69) is 23.5 Å². The van der Waals surface area contributed by atoms with Crippen LogP contribution in [0.15, 0.2) is 18.2 Å². The molecular weight excluding hydrogens is 250 g/mol. The van der Waals surface area contributed by atoms with Crippen molar-refractivity contribution in [2.75, 3.05) is 13.2 Å². The summed E-state index contributed by atoms with van der Waals surface area (Å²) in [7, 11) is 0. The number of ether oxygens (including phenoxy) is 1. The van der Waals surface area contributed by atoms with Gasteiger partial charge in [-0.05, 0) is 68.2 Å². The number of benzene rings is 1. The summed E-state index contributed by atoms with van der Waals surface area (Å²) >= 11 is 0. The maximum absolute atomic E-state index is 9.34. The van der Waals surface area contributed by atoms with Crippen LogP contribution in [0, 0.1) is 0 Å². The number of aliphatic hydroxyl groups excluding tert-OH is 1. The predicted octanol–water partition coefficient (Wildman–Crippen LogP) is 2.45. The Bertz CT molecular complexity index is 443. The van der Waals surface area contributed by atoms with E-state index in [9.17, 15) is 5.11 Å². The maximum atomic E-state index is 9.34. The molecule has 3 heteroatoms. The summed E-state index contributed by atoms with van der Waals surface area (Å²) in [6, 6.07) is 7.33. The average Bonchev–Trinajstić information content (AvgIpc) is 3.30. The van der Waals surface area contributed by atoms with Crippen molar-refractivity contribution in [3.8, 4) is 5.75 Å². The monoisotopic (exact) mass is 275 g/mol. The molecule has 1 unspecified atom stereocenters. The van der Waals surface area contributed by atoms with Crippen molar-refractivity contribution >= 4 is 0 Å². The molecule has 110 valence electrons. The van der Waals surface area contributed by atoms with E-state index in [1.165, 1.54) is 49.7 Å². The van der Waals surface area contributed by atoms with Gasteiger partial charge in [-0.1, -0.05) is 6.07 Å². The Labute approximate surface area is 121 Å². The Morgan fingerprint density at radius 1 is 1.20 bits per heavy atom. The minimum absolute atomic E-state index is 0.181. The molecule has 0 amide bonds. The fraction of sp³-hybridized carbons (Fsp3) is 0.647. The van der Waals surface area contributed by atoms with Crippen LogP contribution in [0.2, 0.25) is 0 Å². The Hall–Kier alpha value is -1.06. The fourth-order valence-corrected chi connectivity index (χ4v) is 2.93. The van der Waals surface area contributed by atoms with Gasteiger partial charge in [-0.3, -0.25) is 0 Å². The lowest BCUT2D eigenvalue weighted by Gasteiger charge is -2.18. The number of hydrogen-bond donors (Lipinski definition) is 2. The van der Waals surface area contributed by atoms with E-state index < -0.39 is 0 Å². The quantitative estimate of drug-likeness (QED) is 0.803. The van der Waals surface area contributed by atoms with Gasteiger partial charge in [0.25, 0.3) is 0 Å². The summed E-state index contributed by atoms with van der Waals surface area (Å²) < 4.78 is 5.86. The standard InChI is InChI=1S/C17H25NO2/c19-12-16(18-15-6-7-15)9-10-20-17-8-5-13-3-1-2-4-14(13)11-17/h5,8,11,15-16,18-19H,1-4,6-7,9-10,12H2. The van der Waals surface area contributed by atoms with Gasteiger partial charge < -0.3 is 15.2 Å². The van der Waals surface area contributed by atoms with Gasteiger partial charge in [0.15, 0.2) is 0 Å². The lowest BCUT2D eigenvalue weighted by atomic mass is 9.92. The molecule has 3 nitrogen and oxygen atoms in total. The first-order valence-electron chi connectivity index (χ1n) is 7.96. The molecule has 0 bridgehead atoms. The third-order valence-electron chi connectivity index (χ3n) is 4.32. The molecule has 1 aromatic rings. The minimum atomic E-state index is 0.181. The number of hydrogen-bond acceptors (Lipinski definition) is 3. The minimum Gasteiger partial charge on any atom is -0.494 e. The highest BCUT2D eigenvalue weighted by Gasteiger charge is 2.24. The summed E-state index contributed by atoms with van der Waals surface area (Å²) in [5.74, 6) is 0.980. The Balaban J connectivity index is 1.47. The van der Waals surface area contributed by atoms with Crippen LogP contribution in [-0.4, -0.2) is 30.4 Å². The fourth-order valence-electron chi connectivity index (χ4n) is 2.93. The first-order valence-corrected chi connectivity index (χ1v) is 7.96. The van der Waals surface area contributed by atoms with Crippen LogP contribution in [0.5, 0.6) is 5.75 Å². The van der Waals surface area contributed by atoms with Crippen LogP contribution in [0.1, 0.15) is 43.2 Å². The molecule has 0 radical (unpaired) electrons. The van der Waals surface area contributed by atoms with Crippen LogP contribution >= 0.6 is 0 Å². The maximum Gasteiger partial charge on any atom is 0.119 e. The van der Waals surface area contributed by atoms with Gasteiger partial charge in [0.1, 0.15) is 5.75 Å². The van der Waals surface area contributed by atoms with E-state index in [1.807, 2.05) is 0 Å². The number of aliphatic hydroxyl groups is 1. The van der Waals surface area contributed by atoms with Crippen molar-refractivity contribution < 1.29 is 9.84 Å². The number of aryl methyl sites for hydroxylation is 2. The number of nitrogens with one attached hydrogen (secondary N) is 1. The van der Waals surface area contributed by atoms with Gasteiger partial charge in [-0.2, -0.15) is 0 Å². The zero-order valence-corrected chi connectivity index (χ0v) is 12.1. The molecule has 0 aliphatic heterocycles. The highest BCUT2D eigenvalue weighted by molar-refractivity contribution is 5.37. The summed E-state index contributed by atoms with van der Waals surface area (Å²) in [5, 5.41) is 12.8. The smallest absolute Gasteiger partial charge is 0.119 e. The highest BCUT2D eigenvalue weighted by Crippen LogP contribution is 2.25. The second-order valence-corrected chi connectivity index (χ2v) is 6.10. The van der Waals surface area contributed by atoms with Gasteiger partial charge in [0.2, 0.25) is 0 Å². The lowest BCUT2D eigenvalue weighted by molar-refractivity contribution is 0.207. The second-order valence-electron chi connectivity index (χ2n) is 6.10. The Kier molecular flexibility index (Phi) is 4.58. The summed E-state index contributed by atoms with van der Waals surface area (Å²) in [4.78, 5) is 0. The molecule has 0 heterocycles. The molecule has 2 aliphatic carbocycles. The molecule has 1 atom stereocenters. The molecule has 0 saturated heterocycles. The summed E-state index contributed by atoms with van der Waals surface area (Å²) in [6.07, 6.45) is 8.39. The predicted molar refractivity (Wildman–Crippen MR) is 80.2 cm³/mol. The molecular formula is C17H25NO2. The number of fused-ring (bicyclic) bond motifs is 1. The molecule has 1 aromatic carbocycles. The first-order chi connectivity index (χ1) is 9.85. The van der Waals surface area contributed by atoms with Crippen LogP contribution < -0.4 is 10.1 Å². The van der Waals surface area contributed by atoms with E-state index in [-0.39, 0.29) is 12.6 Å². The SMILES string of the molecule is OCC(CCOc1ccc2c(c1)CCCC2)NC1CC1. The van der Waals surface area contributed by atoms with E-state index in [0.29, 0.717) is 12.6 Å². The van der Waals surface area contributed by atoms with E-state index in [4.69, 9.17) is 4.74 Å². The van der Waals surface area contributed by atoms with Crippen molar-refractivity contribution in [3.05, 3.63) is 29.3 Å². The molecule has 3 rings (SSSR count). The van der Waals surface area contributed by atoms with Crippen LogP contribution in [0.3, 0.4) is 0 Å². The molecule has 2 N–H and O–H groups in total. The van der Waals surface area contributed by atoms with Crippen molar-refractivity contribution in [2.45, 2.75) is 57.0 Å². The zero-order valence-electron chi connectivity index (χ0n) is 12.1. The van der Waals surface area contributed by atoms with Crippen molar-refractivity contribution in [3.63, 3.8) is 0 Å². The summed E-state index contributed by atoms with van der Waals surface area (Å²) in [6.45, 7) is 0.869. The third-order valence-corrected chi connectivity index (χ3v) is 4.32. The van der Waals surface area contributed by atoms with Crippen LogP contribution in [0.4, 0.5) is 0 Å². The van der Waals surface area contributed by atoms with Gasteiger partial charge in [-0.15, -0.1) is 0 Å².